The minimum atomic E-state index is -1.01. The smallest absolute Gasteiger partial charge is 0.257 e. The van der Waals surface area contributed by atoms with Crippen molar-refractivity contribution in [3.63, 3.8) is 0 Å². The molecule has 2 N–H and O–H groups in total. The number of nitrogens with zero attached hydrogens (tertiary/aromatic N) is 2. The summed E-state index contributed by atoms with van der Waals surface area (Å²) in [7, 11) is 0. The van der Waals surface area contributed by atoms with Gasteiger partial charge >= 0.3 is 0 Å². The molecule has 5 nitrogen and oxygen atoms in total. The predicted octanol–water partition coefficient (Wildman–Crippen LogP) is 1.35. The summed E-state index contributed by atoms with van der Waals surface area (Å²) < 4.78 is 0. The molecule has 2 unspecified atom stereocenters. The molecule has 0 spiro atoms. The number of anilines is 2. The first-order chi connectivity index (χ1) is 10.2. The van der Waals surface area contributed by atoms with Crippen molar-refractivity contribution in [2.24, 2.45) is 0 Å². The van der Waals surface area contributed by atoms with Crippen LogP contribution >= 0.6 is 0 Å². The lowest BCUT2D eigenvalue weighted by Crippen LogP contribution is -2.35. The number of aliphatic hydroxyl groups is 1. The van der Waals surface area contributed by atoms with Gasteiger partial charge in [0.15, 0.2) is 6.10 Å². The minimum Gasteiger partial charge on any atom is -0.378 e. The minimum absolute atomic E-state index is 0.321. The SMILES string of the molecule is O=C1Nc2cc(N3CCC(N4CCCC4)C3)ccc2C1O. The Labute approximate surface area is 124 Å². The molecule has 1 amide bonds. The average molecular weight is 287 g/mol. The van der Waals surface area contributed by atoms with Crippen LogP contribution in [0.15, 0.2) is 18.2 Å². The zero-order valence-electron chi connectivity index (χ0n) is 12.1. The quantitative estimate of drug-likeness (QED) is 0.862. The van der Waals surface area contributed by atoms with E-state index >= 15 is 0 Å². The van der Waals surface area contributed by atoms with E-state index < -0.39 is 6.10 Å². The molecule has 112 valence electrons. The van der Waals surface area contributed by atoms with Gasteiger partial charge in [-0.05, 0) is 44.5 Å². The third kappa shape index (κ3) is 2.21. The molecule has 3 aliphatic heterocycles. The molecule has 2 atom stereocenters. The van der Waals surface area contributed by atoms with Gasteiger partial charge in [-0.25, -0.2) is 0 Å². The summed E-state index contributed by atoms with van der Waals surface area (Å²) in [4.78, 5) is 16.5. The van der Waals surface area contributed by atoms with E-state index in [4.69, 9.17) is 0 Å². The number of carbonyl (C=O) groups excluding carboxylic acids is 1. The zero-order valence-corrected chi connectivity index (χ0v) is 12.1. The van der Waals surface area contributed by atoms with E-state index in [0.717, 1.165) is 24.5 Å². The Hall–Kier alpha value is -1.59. The summed E-state index contributed by atoms with van der Waals surface area (Å²) in [6.45, 7) is 4.61. The first-order valence-corrected chi connectivity index (χ1v) is 7.84. The number of likely N-dealkylation sites (tertiary alicyclic amines) is 1. The highest BCUT2D eigenvalue weighted by Gasteiger charge is 2.32. The van der Waals surface area contributed by atoms with E-state index in [1.54, 1.807) is 0 Å². The highest BCUT2D eigenvalue weighted by atomic mass is 16.3. The summed E-state index contributed by atoms with van der Waals surface area (Å²) in [6.07, 6.45) is 2.87. The van der Waals surface area contributed by atoms with Gasteiger partial charge in [0.1, 0.15) is 0 Å². The number of carbonyl (C=O) groups is 1. The van der Waals surface area contributed by atoms with Crippen LogP contribution in [-0.4, -0.2) is 48.1 Å². The van der Waals surface area contributed by atoms with Gasteiger partial charge in [0.2, 0.25) is 0 Å². The molecule has 0 bridgehead atoms. The van der Waals surface area contributed by atoms with Crippen LogP contribution in [0.5, 0.6) is 0 Å². The molecule has 1 aromatic rings. The van der Waals surface area contributed by atoms with Gasteiger partial charge in [0.05, 0.1) is 0 Å². The molecule has 5 heteroatoms. The molecule has 0 aromatic heterocycles. The number of nitrogens with one attached hydrogen (secondary N) is 1. The lowest BCUT2D eigenvalue weighted by molar-refractivity contribution is -0.123. The van der Waals surface area contributed by atoms with Crippen LogP contribution in [0.1, 0.15) is 30.9 Å². The van der Waals surface area contributed by atoms with Crippen LogP contribution < -0.4 is 10.2 Å². The maximum Gasteiger partial charge on any atom is 0.257 e. The second-order valence-electron chi connectivity index (χ2n) is 6.29. The molecule has 3 heterocycles. The van der Waals surface area contributed by atoms with Crippen LogP contribution in [0, 0.1) is 0 Å². The molecule has 3 aliphatic rings. The van der Waals surface area contributed by atoms with Crippen molar-refractivity contribution in [1.29, 1.82) is 0 Å². The summed E-state index contributed by atoms with van der Waals surface area (Å²) >= 11 is 0. The Morgan fingerprint density at radius 1 is 1.19 bits per heavy atom. The number of amides is 1. The molecule has 0 saturated carbocycles. The van der Waals surface area contributed by atoms with E-state index in [-0.39, 0.29) is 5.91 Å². The Morgan fingerprint density at radius 2 is 2.00 bits per heavy atom. The number of fused-ring (bicyclic) bond motifs is 1. The fraction of sp³-hybridized carbons (Fsp3) is 0.562. The van der Waals surface area contributed by atoms with E-state index in [9.17, 15) is 9.90 Å². The fourth-order valence-corrected chi connectivity index (χ4v) is 3.81. The number of rotatable bonds is 2. The second kappa shape index (κ2) is 5.00. The highest BCUT2D eigenvalue weighted by molar-refractivity contribution is 6.02. The Balaban J connectivity index is 1.50. The molecule has 2 fully saturated rings. The van der Waals surface area contributed by atoms with Crippen LogP contribution in [0.25, 0.3) is 0 Å². The topological polar surface area (TPSA) is 55.8 Å². The van der Waals surface area contributed by atoms with Crippen molar-refractivity contribution in [2.75, 3.05) is 36.4 Å². The third-order valence-electron chi connectivity index (χ3n) is 5.02. The Kier molecular flexibility index (Phi) is 3.12. The van der Waals surface area contributed by atoms with Crippen molar-refractivity contribution in [2.45, 2.75) is 31.4 Å². The normalized spacial score (nSPS) is 29.0. The van der Waals surface area contributed by atoms with Crippen molar-refractivity contribution in [3.8, 4) is 0 Å². The largest absolute Gasteiger partial charge is 0.378 e. The Bertz CT molecular complexity index is 569. The van der Waals surface area contributed by atoms with Crippen LogP contribution in [-0.2, 0) is 4.79 Å². The molecule has 1 aromatic carbocycles. The van der Waals surface area contributed by atoms with Gasteiger partial charge in [-0.1, -0.05) is 6.07 Å². The van der Waals surface area contributed by atoms with Crippen molar-refractivity contribution < 1.29 is 9.90 Å². The first kappa shape index (κ1) is 13.1. The summed E-state index contributed by atoms with van der Waals surface area (Å²) in [5.41, 5.74) is 2.60. The van der Waals surface area contributed by atoms with Crippen LogP contribution in [0.4, 0.5) is 11.4 Å². The monoisotopic (exact) mass is 287 g/mol. The molecular formula is C16H21N3O2. The molecule has 21 heavy (non-hydrogen) atoms. The lowest BCUT2D eigenvalue weighted by Gasteiger charge is -2.24. The number of benzene rings is 1. The lowest BCUT2D eigenvalue weighted by atomic mass is 10.1. The molecule has 0 aliphatic carbocycles. The summed E-state index contributed by atoms with van der Waals surface area (Å²) in [5.74, 6) is -0.321. The van der Waals surface area contributed by atoms with Gasteiger partial charge in [0, 0.05) is 36.1 Å². The number of hydrogen-bond acceptors (Lipinski definition) is 4. The molecule has 2 saturated heterocycles. The molecular weight excluding hydrogens is 266 g/mol. The maximum absolute atomic E-state index is 11.5. The van der Waals surface area contributed by atoms with E-state index in [1.165, 1.54) is 32.4 Å². The predicted molar refractivity (Wildman–Crippen MR) is 81.5 cm³/mol. The highest BCUT2D eigenvalue weighted by Crippen LogP contribution is 2.35. The van der Waals surface area contributed by atoms with Gasteiger partial charge in [-0.3, -0.25) is 9.69 Å². The van der Waals surface area contributed by atoms with E-state index in [2.05, 4.69) is 15.1 Å². The van der Waals surface area contributed by atoms with Crippen molar-refractivity contribution in [1.82, 2.24) is 4.90 Å². The first-order valence-electron chi connectivity index (χ1n) is 7.84. The van der Waals surface area contributed by atoms with Gasteiger partial charge in [-0.15, -0.1) is 0 Å². The molecule has 0 radical (unpaired) electrons. The van der Waals surface area contributed by atoms with Crippen LogP contribution in [0.2, 0.25) is 0 Å². The van der Waals surface area contributed by atoms with Crippen molar-refractivity contribution >= 4 is 17.3 Å². The summed E-state index contributed by atoms with van der Waals surface area (Å²) in [5, 5.41) is 12.5. The van der Waals surface area contributed by atoms with Gasteiger partial charge in [-0.2, -0.15) is 0 Å². The van der Waals surface area contributed by atoms with Crippen LogP contribution in [0.3, 0.4) is 0 Å². The second-order valence-corrected chi connectivity index (χ2v) is 6.29. The van der Waals surface area contributed by atoms with Gasteiger partial charge in [0.25, 0.3) is 5.91 Å². The van der Waals surface area contributed by atoms with Crippen molar-refractivity contribution in [3.05, 3.63) is 23.8 Å². The number of hydrogen-bond donors (Lipinski definition) is 2. The number of aliphatic hydroxyl groups excluding tert-OH is 1. The standard InChI is InChI=1S/C16H21N3O2/c20-15-13-4-3-11(9-14(13)17-16(15)21)19-8-5-12(10-19)18-6-1-2-7-18/h3-4,9,12,15,20H,1-2,5-8,10H2,(H,17,21). The fourth-order valence-electron chi connectivity index (χ4n) is 3.81. The summed E-state index contributed by atoms with van der Waals surface area (Å²) in [6, 6.07) is 6.56. The maximum atomic E-state index is 11.5. The molecule has 4 rings (SSSR count). The van der Waals surface area contributed by atoms with E-state index in [0.29, 0.717) is 11.6 Å². The zero-order chi connectivity index (χ0) is 14.4. The van der Waals surface area contributed by atoms with Gasteiger partial charge < -0.3 is 15.3 Å². The average Bonchev–Trinajstić information content (AvgIpc) is 3.20. The third-order valence-corrected chi connectivity index (χ3v) is 5.02. The van der Waals surface area contributed by atoms with E-state index in [1.807, 2.05) is 18.2 Å². The Morgan fingerprint density at radius 3 is 2.81 bits per heavy atom.